The van der Waals surface area contributed by atoms with Gasteiger partial charge in [-0.3, -0.25) is 4.98 Å². The molecule has 0 saturated heterocycles. The molecule has 21 heavy (non-hydrogen) atoms. The summed E-state index contributed by atoms with van der Waals surface area (Å²) in [7, 11) is 0. The SMILES string of the molecule is CCCNC(Cc1cc(F)cc(Br)c1)Cc1ccccn1. The molecule has 2 nitrogen and oxygen atoms in total. The van der Waals surface area contributed by atoms with Crippen LogP contribution in [0.4, 0.5) is 4.39 Å². The maximum absolute atomic E-state index is 13.5. The molecule has 1 N–H and O–H groups in total. The maximum atomic E-state index is 13.5. The molecule has 1 aromatic carbocycles. The summed E-state index contributed by atoms with van der Waals surface area (Å²) in [6, 6.07) is 11.3. The largest absolute Gasteiger partial charge is 0.313 e. The first-order valence-electron chi connectivity index (χ1n) is 7.25. The van der Waals surface area contributed by atoms with Crippen LogP contribution in [0.3, 0.4) is 0 Å². The van der Waals surface area contributed by atoms with E-state index >= 15 is 0 Å². The third-order valence-electron chi connectivity index (χ3n) is 3.27. The smallest absolute Gasteiger partial charge is 0.124 e. The summed E-state index contributed by atoms with van der Waals surface area (Å²) in [5, 5.41) is 3.53. The highest BCUT2D eigenvalue weighted by Gasteiger charge is 2.11. The first kappa shape index (κ1) is 16.1. The van der Waals surface area contributed by atoms with Crippen LogP contribution < -0.4 is 5.32 Å². The van der Waals surface area contributed by atoms with Crippen molar-refractivity contribution >= 4 is 15.9 Å². The third kappa shape index (κ3) is 5.56. The molecule has 0 aliphatic heterocycles. The van der Waals surface area contributed by atoms with Gasteiger partial charge < -0.3 is 5.32 Å². The van der Waals surface area contributed by atoms with E-state index < -0.39 is 0 Å². The number of pyridine rings is 1. The van der Waals surface area contributed by atoms with Crippen molar-refractivity contribution in [3.8, 4) is 0 Å². The van der Waals surface area contributed by atoms with E-state index in [1.54, 1.807) is 6.07 Å². The molecule has 1 atom stereocenters. The van der Waals surface area contributed by atoms with Gasteiger partial charge in [-0.05, 0) is 55.3 Å². The van der Waals surface area contributed by atoms with Crippen molar-refractivity contribution in [3.05, 3.63) is 64.1 Å². The van der Waals surface area contributed by atoms with Crippen LogP contribution in [0.2, 0.25) is 0 Å². The number of hydrogen-bond donors (Lipinski definition) is 1. The Balaban J connectivity index is 2.08. The van der Waals surface area contributed by atoms with Crippen molar-refractivity contribution in [2.75, 3.05) is 6.54 Å². The highest BCUT2D eigenvalue weighted by atomic mass is 79.9. The molecule has 0 aliphatic carbocycles. The fourth-order valence-electron chi connectivity index (χ4n) is 2.35. The zero-order chi connectivity index (χ0) is 15.1. The second kappa shape index (κ2) is 8.25. The van der Waals surface area contributed by atoms with E-state index in [9.17, 15) is 4.39 Å². The quantitative estimate of drug-likeness (QED) is 0.811. The first-order chi connectivity index (χ1) is 10.2. The van der Waals surface area contributed by atoms with Gasteiger partial charge in [0, 0.05) is 28.8 Å². The van der Waals surface area contributed by atoms with Crippen LogP contribution >= 0.6 is 15.9 Å². The van der Waals surface area contributed by atoms with Gasteiger partial charge in [-0.25, -0.2) is 4.39 Å². The van der Waals surface area contributed by atoms with Crippen molar-refractivity contribution < 1.29 is 4.39 Å². The zero-order valence-corrected chi connectivity index (χ0v) is 13.7. The van der Waals surface area contributed by atoms with Gasteiger partial charge in [0.2, 0.25) is 0 Å². The lowest BCUT2D eigenvalue weighted by atomic mass is 10.0. The molecule has 0 aliphatic rings. The fourth-order valence-corrected chi connectivity index (χ4v) is 2.86. The summed E-state index contributed by atoms with van der Waals surface area (Å²) in [5.41, 5.74) is 2.05. The lowest BCUT2D eigenvalue weighted by Gasteiger charge is -2.18. The highest BCUT2D eigenvalue weighted by Crippen LogP contribution is 2.17. The molecule has 1 aromatic heterocycles. The molecule has 1 unspecified atom stereocenters. The van der Waals surface area contributed by atoms with Crippen LogP contribution in [0.1, 0.15) is 24.6 Å². The molecule has 4 heteroatoms. The van der Waals surface area contributed by atoms with Gasteiger partial charge in [0.25, 0.3) is 0 Å². The highest BCUT2D eigenvalue weighted by molar-refractivity contribution is 9.10. The summed E-state index contributed by atoms with van der Waals surface area (Å²) < 4.78 is 14.3. The maximum Gasteiger partial charge on any atom is 0.124 e. The Hall–Kier alpha value is -1.26. The van der Waals surface area contributed by atoms with Crippen molar-refractivity contribution in [1.29, 1.82) is 0 Å². The minimum atomic E-state index is -0.202. The molecule has 0 bridgehead atoms. The van der Waals surface area contributed by atoms with E-state index in [1.165, 1.54) is 6.07 Å². The minimum absolute atomic E-state index is 0.202. The zero-order valence-electron chi connectivity index (χ0n) is 12.2. The van der Waals surface area contributed by atoms with Crippen molar-refractivity contribution in [1.82, 2.24) is 10.3 Å². The van der Waals surface area contributed by atoms with Crippen LogP contribution in [0, 0.1) is 5.82 Å². The molecular formula is C17H20BrFN2. The standard InChI is InChI=1S/C17H20BrFN2/c1-2-6-20-17(12-16-5-3-4-7-21-16)10-13-8-14(18)11-15(19)9-13/h3-5,7-9,11,17,20H,2,6,10,12H2,1H3. The first-order valence-corrected chi connectivity index (χ1v) is 8.05. The molecule has 112 valence electrons. The number of rotatable bonds is 7. The Labute approximate surface area is 133 Å². The Morgan fingerprint density at radius 1 is 1.24 bits per heavy atom. The lowest BCUT2D eigenvalue weighted by Crippen LogP contribution is -2.34. The normalized spacial score (nSPS) is 12.3. The molecular weight excluding hydrogens is 331 g/mol. The number of hydrogen-bond acceptors (Lipinski definition) is 2. The second-order valence-corrected chi connectivity index (χ2v) is 6.07. The average Bonchev–Trinajstić information content (AvgIpc) is 2.45. The Morgan fingerprint density at radius 3 is 2.76 bits per heavy atom. The van der Waals surface area contributed by atoms with Gasteiger partial charge in [-0.1, -0.05) is 28.9 Å². The molecule has 0 spiro atoms. The van der Waals surface area contributed by atoms with E-state index in [-0.39, 0.29) is 11.9 Å². The fraction of sp³-hybridized carbons (Fsp3) is 0.353. The summed E-state index contributed by atoms with van der Waals surface area (Å²) in [6.45, 7) is 3.09. The number of aromatic nitrogens is 1. The molecule has 2 aromatic rings. The van der Waals surface area contributed by atoms with Gasteiger partial charge in [0.15, 0.2) is 0 Å². The van der Waals surface area contributed by atoms with Crippen LogP contribution in [0.5, 0.6) is 0 Å². The number of nitrogens with zero attached hydrogens (tertiary/aromatic N) is 1. The van der Waals surface area contributed by atoms with Gasteiger partial charge in [-0.2, -0.15) is 0 Å². The lowest BCUT2D eigenvalue weighted by molar-refractivity contribution is 0.499. The van der Waals surface area contributed by atoms with E-state index in [0.29, 0.717) is 0 Å². The van der Waals surface area contributed by atoms with Crippen LogP contribution in [-0.4, -0.2) is 17.6 Å². The van der Waals surface area contributed by atoms with Crippen molar-refractivity contribution in [2.24, 2.45) is 0 Å². The van der Waals surface area contributed by atoms with E-state index in [2.05, 4.69) is 33.2 Å². The van der Waals surface area contributed by atoms with Crippen LogP contribution in [0.25, 0.3) is 0 Å². The molecule has 0 fully saturated rings. The van der Waals surface area contributed by atoms with E-state index in [4.69, 9.17) is 0 Å². The summed E-state index contributed by atoms with van der Waals surface area (Å²) in [6.07, 6.45) is 4.51. The Bertz CT molecular complexity index is 540. The molecule has 2 rings (SSSR count). The van der Waals surface area contributed by atoms with Crippen molar-refractivity contribution in [3.63, 3.8) is 0 Å². The average molecular weight is 351 g/mol. The van der Waals surface area contributed by atoms with Gasteiger partial charge >= 0.3 is 0 Å². The molecule has 0 amide bonds. The number of nitrogens with one attached hydrogen (secondary N) is 1. The van der Waals surface area contributed by atoms with E-state index in [1.807, 2.05) is 30.5 Å². The van der Waals surface area contributed by atoms with E-state index in [0.717, 1.165) is 41.5 Å². The van der Waals surface area contributed by atoms with Crippen LogP contribution in [0.15, 0.2) is 47.1 Å². The van der Waals surface area contributed by atoms with Crippen molar-refractivity contribution in [2.45, 2.75) is 32.2 Å². The Morgan fingerprint density at radius 2 is 2.10 bits per heavy atom. The second-order valence-electron chi connectivity index (χ2n) is 5.16. The van der Waals surface area contributed by atoms with Gasteiger partial charge in [-0.15, -0.1) is 0 Å². The molecule has 0 saturated carbocycles. The van der Waals surface area contributed by atoms with Gasteiger partial charge in [0.05, 0.1) is 0 Å². The number of benzene rings is 1. The third-order valence-corrected chi connectivity index (χ3v) is 3.73. The molecule has 0 radical (unpaired) electrons. The molecule has 1 heterocycles. The monoisotopic (exact) mass is 350 g/mol. The predicted octanol–water partition coefficient (Wildman–Crippen LogP) is 4.14. The van der Waals surface area contributed by atoms with Gasteiger partial charge in [0.1, 0.15) is 5.82 Å². The van der Waals surface area contributed by atoms with Crippen LogP contribution in [-0.2, 0) is 12.8 Å². The summed E-state index contributed by atoms with van der Waals surface area (Å²) in [4.78, 5) is 4.38. The number of halogens is 2. The Kier molecular flexibility index (Phi) is 6.33. The predicted molar refractivity (Wildman–Crippen MR) is 87.8 cm³/mol. The minimum Gasteiger partial charge on any atom is -0.313 e. The topological polar surface area (TPSA) is 24.9 Å². The summed E-state index contributed by atoms with van der Waals surface area (Å²) in [5.74, 6) is -0.202. The summed E-state index contributed by atoms with van der Waals surface area (Å²) >= 11 is 3.35.